The van der Waals surface area contributed by atoms with Crippen molar-refractivity contribution in [2.75, 3.05) is 18.5 Å². The van der Waals surface area contributed by atoms with E-state index in [1.165, 1.54) is 18.4 Å². The van der Waals surface area contributed by atoms with Gasteiger partial charge in [0.05, 0.1) is 11.3 Å². The number of hydrogen-bond donors (Lipinski definition) is 1. The Hall–Kier alpha value is -1.53. The van der Waals surface area contributed by atoms with Crippen molar-refractivity contribution in [2.24, 2.45) is 0 Å². The van der Waals surface area contributed by atoms with Crippen molar-refractivity contribution in [3.63, 3.8) is 0 Å². The van der Waals surface area contributed by atoms with Gasteiger partial charge in [0.1, 0.15) is 6.07 Å². The van der Waals surface area contributed by atoms with Crippen molar-refractivity contribution in [2.45, 2.75) is 38.8 Å². The van der Waals surface area contributed by atoms with E-state index in [9.17, 15) is 5.26 Å². The number of anilines is 1. The zero-order valence-corrected chi connectivity index (χ0v) is 11.2. The zero-order chi connectivity index (χ0) is 13.0. The average molecular weight is 243 g/mol. The Bertz CT molecular complexity index is 444. The molecule has 0 unspecified atom stereocenters. The lowest BCUT2D eigenvalue weighted by molar-refractivity contribution is 0.760. The molecule has 0 aromatic heterocycles. The van der Waals surface area contributed by atoms with Crippen LogP contribution in [-0.2, 0) is 6.54 Å². The van der Waals surface area contributed by atoms with E-state index in [4.69, 9.17) is 0 Å². The smallest absolute Gasteiger partial charge is 0.101 e. The van der Waals surface area contributed by atoms with E-state index in [1.807, 2.05) is 13.1 Å². The highest BCUT2D eigenvalue weighted by molar-refractivity contribution is 5.61. The second-order valence-electron chi connectivity index (χ2n) is 4.92. The average Bonchev–Trinajstić information content (AvgIpc) is 3.21. The molecule has 1 saturated carbocycles. The van der Waals surface area contributed by atoms with Gasteiger partial charge in [0.15, 0.2) is 0 Å². The third-order valence-electron chi connectivity index (χ3n) is 3.32. The summed E-state index contributed by atoms with van der Waals surface area (Å²) in [5.74, 6) is 0. The first-order valence-electron chi connectivity index (χ1n) is 6.74. The topological polar surface area (TPSA) is 39.1 Å². The molecule has 1 aliphatic carbocycles. The molecule has 0 radical (unpaired) electrons. The highest BCUT2D eigenvalue weighted by Crippen LogP contribution is 2.33. The van der Waals surface area contributed by atoms with Gasteiger partial charge in [-0.25, -0.2) is 0 Å². The highest BCUT2D eigenvalue weighted by Gasteiger charge is 2.29. The molecule has 0 spiro atoms. The van der Waals surface area contributed by atoms with E-state index < -0.39 is 0 Å². The molecule has 1 N–H and O–H groups in total. The molecule has 1 aromatic carbocycles. The number of rotatable bonds is 6. The third kappa shape index (κ3) is 2.83. The van der Waals surface area contributed by atoms with Crippen LogP contribution in [0.1, 0.15) is 37.3 Å². The standard InChI is InChI=1S/C15H21N3/c1-3-8-18(14-5-6-14)15-7-4-12(11-17-2)9-13(15)10-16/h4,7,9,14,17H,3,5-6,8,11H2,1-2H3. The highest BCUT2D eigenvalue weighted by atomic mass is 15.2. The second-order valence-corrected chi connectivity index (χ2v) is 4.92. The maximum absolute atomic E-state index is 9.33. The molecule has 0 saturated heterocycles. The summed E-state index contributed by atoms with van der Waals surface area (Å²) in [5, 5.41) is 12.5. The maximum atomic E-state index is 9.33. The number of benzene rings is 1. The third-order valence-corrected chi connectivity index (χ3v) is 3.32. The van der Waals surface area contributed by atoms with Crippen LogP contribution in [0.2, 0.25) is 0 Å². The van der Waals surface area contributed by atoms with Crippen LogP contribution < -0.4 is 10.2 Å². The van der Waals surface area contributed by atoms with Crippen LogP contribution in [0.4, 0.5) is 5.69 Å². The van der Waals surface area contributed by atoms with Crippen molar-refractivity contribution in [3.8, 4) is 6.07 Å². The molecule has 1 aromatic rings. The Kier molecular flexibility index (Phi) is 4.22. The molecule has 0 aliphatic heterocycles. The van der Waals surface area contributed by atoms with Gasteiger partial charge in [-0.05, 0) is 44.0 Å². The van der Waals surface area contributed by atoms with E-state index >= 15 is 0 Å². The van der Waals surface area contributed by atoms with E-state index in [-0.39, 0.29) is 0 Å². The molecule has 1 fully saturated rings. The molecule has 2 rings (SSSR count). The predicted octanol–water partition coefficient (Wildman–Crippen LogP) is 2.66. The van der Waals surface area contributed by atoms with Gasteiger partial charge in [-0.15, -0.1) is 0 Å². The van der Waals surface area contributed by atoms with Crippen LogP contribution >= 0.6 is 0 Å². The summed E-state index contributed by atoms with van der Waals surface area (Å²) in [6, 6.07) is 9.25. The first-order valence-corrected chi connectivity index (χ1v) is 6.74. The van der Waals surface area contributed by atoms with Gasteiger partial charge in [0.25, 0.3) is 0 Å². The van der Waals surface area contributed by atoms with Crippen LogP contribution in [0.15, 0.2) is 18.2 Å². The summed E-state index contributed by atoms with van der Waals surface area (Å²) >= 11 is 0. The quantitative estimate of drug-likeness (QED) is 0.835. The monoisotopic (exact) mass is 243 g/mol. The number of hydrogen-bond acceptors (Lipinski definition) is 3. The molecule has 3 nitrogen and oxygen atoms in total. The summed E-state index contributed by atoms with van der Waals surface area (Å²) in [4.78, 5) is 2.40. The van der Waals surface area contributed by atoms with Gasteiger partial charge in [-0.2, -0.15) is 5.26 Å². The molecular formula is C15H21N3. The van der Waals surface area contributed by atoms with E-state index in [0.717, 1.165) is 30.8 Å². The summed E-state index contributed by atoms with van der Waals surface area (Å²) in [6.07, 6.45) is 3.66. The minimum Gasteiger partial charge on any atom is -0.367 e. The SMILES string of the molecule is CCCN(c1ccc(CNC)cc1C#N)C1CC1. The fourth-order valence-corrected chi connectivity index (χ4v) is 2.36. The van der Waals surface area contributed by atoms with E-state index in [2.05, 4.69) is 35.3 Å². The Morgan fingerprint density at radius 3 is 2.78 bits per heavy atom. The van der Waals surface area contributed by atoms with Crippen molar-refractivity contribution in [1.82, 2.24) is 5.32 Å². The van der Waals surface area contributed by atoms with Crippen LogP contribution in [-0.4, -0.2) is 19.6 Å². The van der Waals surface area contributed by atoms with Crippen molar-refractivity contribution in [3.05, 3.63) is 29.3 Å². The molecule has 3 heteroatoms. The largest absolute Gasteiger partial charge is 0.367 e. The van der Waals surface area contributed by atoms with Gasteiger partial charge >= 0.3 is 0 Å². The van der Waals surface area contributed by atoms with E-state index in [1.54, 1.807) is 0 Å². The van der Waals surface area contributed by atoms with Gasteiger partial charge in [-0.3, -0.25) is 0 Å². The van der Waals surface area contributed by atoms with Crippen molar-refractivity contribution < 1.29 is 0 Å². The molecule has 0 bridgehead atoms. The molecule has 0 heterocycles. The van der Waals surface area contributed by atoms with Gasteiger partial charge in [-0.1, -0.05) is 13.0 Å². The fraction of sp³-hybridized carbons (Fsp3) is 0.533. The summed E-state index contributed by atoms with van der Waals surface area (Å²) in [7, 11) is 1.92. The molecule has 0 amide bonds. The molecular weight excluding hydrogens is 222 g/mol. The van der Waals surface area contributed by atoms with Crippen molar-refractivity contribution >= 4 is 5.69 Å². The van der Waals surface area contributed by atoms with Crippen LogP contribution in [0.25, 0.3) is 0 Å². The minimum absolute atomic E-state index is 0.659. The minimum atomic E-state index is 0.659. The van der Waals surface area contributed by atoms with Crippen molar-refractivity contribution in [1.29, 1.82) is 5.26 Å². The second kappa shape index (κ2) is 5.88. The first-order chi connectivity index (χ1) is 8.80. The van der Waals surface area contributed by atoms with Crippen LogP contribution in [0, 0.1) is 11.3 Å². The lowest BCUT2D eigenvalue weighted by Crippen LogP contribution is -2.27. The Morgan fingerprint density at radius 1 is 1.44 bits per heavy atom. The Balaban J connectivity index is 2.28. The first kappa shape index (κ1) is 12.9. The summed E-state index contributed by atoms with van der Waals surface area (Å²) in [5.41, 5.74) is 3.09. The molecule has 1 aliphatic rings. The molecule has 0 atom stereocenters. The normalized spacial score (nSPS) is 14.3. The number of nitriles is 1. The molecule has 18 heavy (non-hydrogen) atoms. The van der Waals surface area contributed by atoms with Gasteiger partial charge < -0.3 is 10.2 Å². The maximum Gasteiger partial charge on any atom is 0.101 e. The lowest BCUT2D eigenvalue weighted by atomic mass is 10.1. The van der Waals surface area contributed by atoms with Gasteiger partial charge in [0, 0.05) is 19.1 Å². The number of nitrogens with one attached hydrogen (secondary N) is 1. The lowest BCUT2D eigenvalue weighted by Gasteiger charge is -2.25. The van der Waals surface area contributed by atoms with E-state index in [0.29, 0.717) is 6.04 Å². The predicted molar refractivity (Wildman–Crippen MR) is 74.6 cm³/mol. The number of nitrogens with zero attached hydrogens (tertiary/aromatic N) is 2. The molecule has 96 valence electrons. The van der Waals surface area contributed by atoms with Crippen LogP contribution in [0.3, 0.4) is 0 Å². The summed E-state index contributed by atoms with van der Waals surface area (Å²) in [6.45, 7) is 4.05. The zero-order valence-electron chi connectivity index (χ0n) is 11.2. The fourth-order valence-electron chi connectivity index (χ4n) is 2.36. The van der Waals surface area contributed by atoms with Gasteiger partial charge in [0.2, 0.25) is 0 Å². The summed E-state index contributed by atoms with van der Waals surface area (Å²) < 4.78 is 0. The Labute approximate surface area is 109 Å². The Morgan fingerprint density at radius 2 is 2.22 bits per heavy atom. The van der Waals surface area contributed by atoms with Crippen LogP contribution in [0.5, 0.6) is 0 Å².